The Morgan fingerprint density at radius 1 is 1.48 bits per heavy atom. The number of rotatable bonds is 3. The summed E-state index contributed by atoms with van der Waals surface area (Å²) in [6, 6.07) is 1.85. The van der Waals surface area contributed by atoms with Gasteiger partial charge in [0.05, 0.1) is 6.42 Å². The van der Waals surface area contributed by atoms with Gasteiger partial charge in [-0.3, -0.25) is 9.69 Å². The minimum absolute atomic E-state index is 0.0616. The van der Waals surface area contributed by atoms with E-state index in [2.05, 4.69) is 20.9 Å². The number of fused-ring (bicyclic) bond motifs is 1. The van der Waals surface area contributed by atoms with Crippen molar-refractivity contribution in [3.8, 4) is 0 Å². The van der Waals surface area contributed by atoms with E-state index in [1.165, 1.54) is 4.90 Å². The number of carbonyl (C=O) groups excluding carboxylic acids is 1. The number of hydrogen-bond acceptors (Lipinski definition) is 4. The number of carbonyl (C=O) groups is 2. The smallest absolute Gasteiger partial charge is 0.416 e. The van der Waals surface area contributed by atoms with E-state index in [-0.39, 0.29) is 13.0 Å². The van der Waals surface area contributed by atoms with Crippen molar-refractivity contribution < 1.29 is 19.4 Å². The Kier molecular flexibility index (Phi) is 4.71. The fourth-order valence-electron chi connectivity index (χ4n) is 2.84. The molecular weight excluding hydrogens is 364 g/mol. The van der Waals surface area contributed by atoms with Crippen LogP contribution in [-0.2, 0) is 14.9 Å². The Bertz CT molecular complexity index is 641. The van der Waals surface area contributed by atoms with E-state index in [9.17, 15) is 14.7 Å². The molecule has 1 aliphatic rings. The molecule has 1 amide bonds. The molecule has 0 spiro atoms. The van der Waals surface area contributed by atoms with Crippen molar-refractivity contribution in [2.45, 2.75) is 51.6 Å². The molecular formula is C16H21BrN2O4. The van der Waals surface area contributed by atoms with E-state index in [0.717, 1.165) is 10.0 Å². The van der Waals surface area contributed by atoms with Crippen molar-refractivity contribution in [2.75, 3.05) is 11.4 Å². The Morgan fingerprint density at radius 3 is 2.65 bits per heavy atom. The highest BCUT2D eigenvalue weighted by Gasteiger charge is 2.47. The number of carboxylic acids is 1. The number of anilines is 1. The predicted octanol–water partition coefficient (Wildman–Crippen LogP) is 3.72. The first-order valence-corrected chi connectivity index (χ1v) is 8.25. The van der Waals surface area contributed by atoms with Gasteiger partial charge in [-0.2, -0.15) is 0 Å². The summed E-state index contributed by atoms with van der Waals surface area (Å²) in [4.78, 5) is 29.6. The molecule has 0 fully saturated rings. The first-order chi connectivity index (χ1) is 10.6. The lowest BCUT2D eigenvalue weighted by Crippen LogP contribution is -2.41. The van der Waals surface area contributed by atoms with Crippen molar-refractivity contribution in [1.82, 2.24) is 4.98 Å². The minimum Gasteiger partial charge on any atom is -0.481 e. The second-order valence-electron chi connectivity index (χ2n) is 6.80. The van der Waals surface area contributed by atoms with E-state index in [1.54, 1.807) is 27.0 Å². The predicted molar refractivity (Wildman–Crippen MR) is 89.7 cm³/mol. The molecule has 1 aliphatic heterocycles. The molecule has 0 radical (unpaired) electrons. The van der Waals surface area contributed by atoms with E-state index >= 15 is 0 Å². The number of nitrogens with zero attached hydrogens (tertiary/aromatic N) is 2. The van der Waals surface area contributed by atoms with Crippen LogP contribution in [0.3, 0.4) is 0 Å². The van der Waals surface area contributed by atoms with Gasteiger partial charge in [-0.05, 0) is 49.2 Å². The number of pyridine rings is 1. The third-order valence-electron chi connectivity index (χ3n) is 3.90. The van der Waals surface area contributed by atoms with Crippen LogP contribution in [0.2, 0.25) is 0 Å². The van der Waals surface area contributed by atoms with E-state index in [4.69, 9.17) is 4.74 Å². The first kappa shape index (κ1) is 17.7. The largest absolute Gasteiger partial charge is 0.481 e. The highest BCUT2D eigenvalue weighted by Crippen LogP contribution is 2.45. The molecule has 6 nitrogen and oxygen atoms in total. The molecule has 1 aromatic heterocycles. The molecule has 1 aromatic rings. The van der Waals surface area contributed by atoms with Crippen LogP contribution in [0.4, 0.5) is 10.6 Å². The third kappa shape index (κ3) is 3.65. The lowest BCUT2D eigenvalue weighted by molar-refractivity contribution is -0.138. The molecule has 1 atom stereocenters. The number of aliphatic carboxylic acids is 1. The molecule has 0 aromatic carbocycles. The monoisotopic (exact) mass is 384 g/mol. The second kappa shape index (κ2) is 6.11. The van der Waals surface area contributed by atoms with Gasteiger partial charge in [0.1, 0.15) is 11.4 Å². The van der Waals surface area contributed by atoms with Crippen LogP contribution in [0.5, 0.6) is 0 Å². The normalized spacial score (nSPS) is 20.3. The summed E-state index contributed by atoms with van der Waals surface area (Å²) in [5, 5.41) is 9.31. The fraction of sp³-hybridized carbons (Fsp3) is 0.562. The van der Waals surface area contributed by atoms with Crippen molar-refractivity contribution in [1.29, 1.82) is 0 Å². The zero-order valence-electron chi connectivity index (χ0n) is 13.7. The van der Waals surface area contributed by atoms with Gasteiger partial charge in [0.2, 0.25) is 0 Å². The van der Waals surface area contributed by atoms with Gasteiger partial charge in [-0.25, -0.2) is 9.78 Å². The maximum absolute atomic E-state index is 12.5. The van der Waals surface area contributed by atoms with Crippen molar-refractivity contribution in [3.63, 3.8) is 0 Å². The number of halogens is 1. The van der Waals surface area contributed by atoms with Gasteiger partial charge in [0.25, 0.3) is 0 Å². The van der Waals surface area contributed by atoms with Crippen LogP contribution in [0.25, 0.3) is 0 Å². The number of carboxylic acid groups (broad SMARTS) is 1. The molecule has 0 aliphatic carbocycles. The van der Waals surface area contributed by atoms with E-state index in [1.807, 2.05) is 13.0 Å². The van der Waals surface area contributed by atoms with Crippen LogP contribution >= 0.6 is 15.9 Å². The fourth-order valence-corrected chi connectivity index (χ4v) is 3.17. The van der Waals surface area contributed by atoms with Gasteiger partial charge in [0, 0.05) is 28.2 Å². The lowest BCUT2D eigenvalue weighted by atomic mass is 9.77. The molecule has 1 N–H and O–H groups in total. The highest BCUT2D eigenvalue weighted by atomic mass is 79.9. The average molecular weight is 385 g/mol. The molecule has 2 rings (SSSR count). The maximum Gasteiger partial charge on any atom is 0.416 e. The lowest BCUT2D eigenvalue weighted by Gasteiger charge is -2.28. The van der Waals surface area contributed by atoms with Gasteiger partial charge in [0.15, 0.2) is 0 Å². The molecule has 2 heterocycles. The Morgan fingerprint density at radius 2 is 2.13 bits per heavy atom. The van der Waals surface area contributed by atoms with Crippen LogP contribution < -0.4 is 4.90 Å². The molecule has 126 valence electrons. The summed E-state index contributed by atoms with van der Waals surface area (Å²) in [7, 11) is 0. The Hall–Kier alpha value is -1.63. The Labute approximate surface area is 144 Å². The summed E-state index contributed by atoms with van der Waals surface area (Å²) in [6.45, 7) is 7.55. The van der Waals surface area contributed by atoms with Crippen molar-refractivity contribution >= 4 is 33.8 Å². The molecule has 1 unspecified atom stereocenters. The number of aromatic nitrogens is 1. The van der Waals surface area contributed by atoms with Crippen molar-refractivity contribution in [3.05, 3.63) is 22.3 Å². The Balaban J connectivity index is 2.47. The van der Waals surface area contributed by atoms with Crippen molar-refractivity contribution in [2.24, 2.45) is 0 Å². The molecule has 23 heavy (non-hydrogen) atoms. The second-order valence-corrected chi connectivity index (χ2v) is 7.71. The van der Waals surface area contributed by atoms with Crippen LogP contribution in [0.1, 0.15) is 46.1 Å². The number of hydrogen-bond donors (Lipinski definition) is 1. The van der Waals surface area contributed by atoms with Gasteiger partial charge in [-0.1, -0.05) is 6.92 Å². The molecule has 0 bridgehead atoms. The van der Waals surface area contributed by atoms with Crippen LogP contribution in [0.15, 0.2) is 16.7 Å². The summed E-state index contributed by atoms with van der Waals surface area (Å²) in [5.74, 6) is -0.422. The first-order valence-electron chi connectivity index (χ1n) is 7.46. The summed E-state index contributed by atoms with van der Waals surface area (Å²) < 4.78 is 6.19. The molecule has 0 saturated carbocycles. The maximum atomic E-state index is 12.5. The van der Waals surface area contributed by atoms with E-state index in [0.29, 0.717) is 12.2 Å². The van der Waals surface area contributed by atoms with Crippen LogP contribution in [-0.4, -0.2) is 34.3 Å². The SMILES string of the molecule is CCC1(CC(=O)O)CN(C(=O)OC(C)(C)C)c2ncc(Br)cc21. The average Bonchev–Trinajstić information content (AvgIpc) is 2.71. The topological polar surface area (TPSA) is 79.7 Å². The molecule has 7 heteroatoms. The third-order valence-corrected chi connectivity index (χ3v) is 4.34. The standard InChI is InChI=1S/C16H21BrN2O4/c1-5-16(7-12(20)21)9-19(14(22)23-15(2,3)4)13-11(16)6-10(17)8-18-13/h6,8H,5,7,9H2,1-4H3,(H,20,21). The summed E-state index contributed by atoms with van der Waals surface area (Å²) in [5.41, 5.74) is -0.520. The quantitative estimate of drug-likeness (QED) is 0.858. The minimum atomic E-state index is -0.899. The van der Waals surface area contributed by atoms with Gasteiger partial charge >= 0.3 is 12.1 Å². The zero-order chi connectivity index (χ0) is 17.4. The molecule has 0 saturated heterocycles. The number of ether oxygens (including phenoxy) is 1. The number of amides is 1. The summed E-state index contributed by atoms with van der Waals surface area (Å²) in [6.07, 6.45) is 1.62. The van der Waals surface area contributed by atoms with Gasteiger partial charge < -0.3 is 9.84 Å². The van der Waals surface area contributed by atoms with E-state index < -0.39 is 23.1 Å². The zero-order valence-corrected chi connectivity index (χ0v) is 15.3. The highest BCUT2D eigenvalue weighted by molar-refractivity contribution is 9.10. The summed E-state index contributed by atoms with van der Waals surface area (Å²) >= 11 is 3.37. The van der Waals surface area contributed by atoms with Gasteiger partial charge in [-0.15, -0.1) is 0 Å². The van der Waals surface area contributed by atoms with Crippen LogP contribution in [0, 0.1) is 0 Å².